The first-order valence-corrected chi connectivity index (χ1v) is 6.00. The normalized spacial score (nSPS) is 24.7. The predicted molar refractivity (Wildman–Crippen MR) is 63.5 cm³/mol. The number of hydrogen-bond donors (Lipinski definition) is 0. The quantitative estimate of drug-likeness (QED) is 0.713. The zero-order valence-corrected chi connectivity index (χ0v) is 9.70. The van der Waals surface area contributed by atoms with Crippen molar-refractivity contribution in [3.05, 3.63) is 35.7 Å². The summed E-state index contributed by atoms with van der Waals surface area (Å²) in [7, 11) is 1.74. The number of benzene rings is 1. The first kappa shape index (κ1) is 10.2. The van der Waals surface area contributed by atoms with Gasteiger partial charge in [0.1, 0.15) is 5.75 Å². The number of fused-ring (bicyclic) bond motifs is 3. The molecule has 0 aliphatic carbocycles. The lowest BCUT2D eigenvalue weighted by Gasteiger charge is -2.40. The maximum Gasteiger partial charge on any atom is 0.119 e. The fraction of sp³-hybridized carbons (Fsp3) is 0.500. The third kappa shape index (κ3) is 1.61. The van der Waals surface area contributed by atoms with Crippen molar-refractivity contribution in [3.63, 3.8) is 0 Å². The van der Waals surface area contributed by atoms with Crippen LogP contribution in [0.2, 0.25) is 0 Å². The fourth-order valence-electron chi connectivity index (χ4n) is 2.84. The molecule has 1 fully saturated rings. The highest BCUT2D eigenvalue weighted by atomic mass is 16.5. The summed E-state index contributed by atoms with van der Waals surface area (Å²) in [5.41, 5.74) is 2.95. The number of rotatable bonds is 1. The van der Waals surface area contributed by atoms with Crippen LogP contribution in [0.1, 0.15) is 30.0 Å². The van der Waals surface area contributed by atoms with Crippen LogP contribution in [0.4, 0.5) is 0 Å². The Morgan fingerprint density at radius 1 is 1.38 bits per heavy atom. The van der Waals surface area contributed by atoms with E-state index in [9.17, 15) is 0 Å². The van der Waals surface area contributed by atoms with Crippen molar-refractivity contribution in [1.29, 1.82) is 0 Å². The molecule has 2 heterocycles. The van der Waals surface area contributed by atoms with Crippen LogP contribution in [-0.4, -0.2) is 25.1 Å². The van der Waals surface area contributed by atoms with E-state index in [1.807, 2.05) is 0 Å². The van der Waals surface area contributed by atoms with E-state index in [1.165, 1.54) is 24.2 Å². The summed E-state index contributed by atoms with van der Waals surface area (Å²) in [4.78, 5) is 2.59. The third-order valence-electron chi connectivity index (χ3n) is 3.73. The minimum Gasteiger partial charge on any atom is -0.497 e. The summed E-state index contributed by atoms with van der Waals surface area (Å²) < 4.78 is 5.29. The van der Waals surface area contributed by atoms with Crippen molar-refractivity contribution >= 4 is 0 Å². The van der Waals surface area contributed by atoms with Crippen molar-refractivity contribution in [3.8, 4) is 5.75 Å². The summed E-state index contributed by atoms with van der Waals surface area (Å²) >= 11 is 0. The summed E-state index contributed by atoms with van der Waals surface area (Å²) in [5.74, 6) is 0.982. The highest BCUT2D eigenvalue weighted by molar-refractivity contribution is 5.39. The molecule has 1 saturated heterocycles. The molecule has 1 aromatic carbocycles. The van der Waals surface area contributed by atoms with Crippen LogP contribution in [0.3, 0.4) is 0 Å². The molecule has 0 N–H and O–H groups in total. The molecule has 0 aromatic heterocycles. The van der Waals surface area contributed by atoms with Gasteiger partial charge in [0.05, 0.1) is 7.11 Å². The van der Waals surface area contributed by atoms with Gasteiger partial charge in [0.15, 0.2) is 0 Å². The zero-order chi connectivity index (χ0) is 11.0. The number of hydrogen-bond acceptors (Lipinski definition) is 2. The van der Waals surface area contributed by atoms with E-state index >= 15 is 0 Å². The van der Waals surface area contributed by atoms with Crippen LogP contribution in [0.5, 0.6) is 5.75 Å². The molecule has 2 heteroatoms. The molecule has 16 heavy (non-hydrogen) atoms. The standard InChI is InChI=1S/C14H17NO/c1-16-12-5-6-13-11(10-12)7-9-15-8-3-2-4-14(13)15/h5-6,10,14H,3-4,7-9H2,1H3. The zero-order valence-electron chi connectivity index (χ0n) is 9.70. The average molecular weight is 215 g/mol. The van der Waals surface area contributed by atoms with Crippen molar-refractivity contribution in [1.82, 2.24) is 4.90 Å². The van der Waals surface area contributed by atoms with Gasteiger partial charge in [0.25, 0.3) is 0 Å². The van der Waals surface area contributed by atoms with Crippen molar-refractivity contribution < 1.29 is 4.74 Å². The Morgan fingerprint density at radius 2 is 2.31 bits per heavy atom. The van der Waals surface area contributed by atoms with Crippen molar-refractivity contribution in [2.24, 2.45) is 0 Å². The Kier molecular flexibility index (Phi) is 2.60. The minimum atomic E-state index is 0.573. The smallest absolute Gasteiger partial charge is 0.119 e. The Morgan fingerprint density at radius 3 is 3.19 bits per heavy atom. The molecule has 2 nitrogen and oxygen atoms in total. The van der Waals surface area contributed by atoms with E-state index in [0.717, 1.165) is 25.0 Å². The maximum atomic E-state index is 5.29. The molecule has 2 aliphatic heterocycles. The fourth-order valence-corrected chi connectivity index (χ4v) is 2.84. The van der Waals surface area contributed by atoms with Gasteiger partial charge in [0.2, 0.25) is 0 Å². The summed E-state index contributed by atoms with van der Waals surface area (Å²) in [6.45, 7) is 2.36. The Balaban J connectivity index is 1.96. The third-order valence-corrected chi connectivity index (χ3v) is 3.73. The first-order valence-electron chi connectivity index (χ1n) is 6.00. The van der Waals surface area contributed by atoms with Gasteiger partial charge in [0, 0.05) is 12.6 Å². The molecule has 1 aromatic rings. The molecular weight excluding hydrogens is 198 g/mol. The van der Waals surface area contributed by atoms with Gasteiger partial charge in [-0.3, -0.25) is 4.90 Å². The summed E-state index contributed by atoms with van der Waals surface area (Å²) in [6, 6.07) is 7.08. The largest absolute Gasteiger partial charge is 0.497 e. The lowest BCUT2D eigenvalue weighted by molar-refractivity contribution is 0.161. The minimum absolute atomic E-state index is 0.573. The van der Waals surface area contributed by atoms with Gasteiger partial charge >= 0.3 is 0 Å². The van der Waals surface area contributed by atoms with Crippen LogP contribution < -0.4 is 4.74 Å². The molecule has 0 bridgehead atoms. The van der Waals surface area contributed by atoms with E-state index in [2.05, 4.69) is 29.5 Å². The van der Waals surface area contributed by atoms with Gasteiger partial charge in [-0.05, 0) is 55.5 Å². The molecule has 0 saturated carbocycles. The molecule has 3 rings (SSSR count). The van der Waals surface area contributed by atoms with Crippen LogP contribution in [0.25, 0.3) is 0 Å². The topological polar surface area (TPSA) is 12.5 Å². The molecule has 1 unspecified atom stereocenters. The van der Waals surface area contributed by atoms with Crippen molar-refractivity contribution in [2.45, 2.75) is 25.3 Å². The number of piperidine rings is 1. The lowest BCUT2D eigenvalue weighted by Crippen LogP contribution is -2.38. The predicted octanol–water partition coefficient (Wildman–Crippen LogP) is 2.47. The van der Waals surface area contributed by atoms with Crippen LogP contribution in [0.15, 0.2) is 18.2 Å². The van der Waals surface area contributed by atoms with Gasteiger partial charge in [-0.2, -0.15) is 0 Å². The highest BCUT2D eigenvalue weighted by Gasteiger charge is 2.29. The lowest BCUT2D eigenvalue weighted by atomic mass is 9.87. The molecule has 2 aliphatic rings. The van der Waals surface area contributed by atoms with Crippen LogP contribution >= 0.6 is 0 Å². The van der Waals surface area contributed by atoms with Gasteiger partial charge in [-0.25, -0.2) is 0 Å². The molecular formula is C14H17NO. The second kappa shape index (κ2) is 4.10. The monoisotopic (exact) mass is 215 g/mol. The van der Waals surface area contributed by atoms with E-state index in [0.29, 0.717) is 6.04 Å². The highest BCUT2D eigenvalue weighted by Crippen LogP contribution is 2.37. The van der Waals surface area contributed by atoms with E-state index in [1.54, 1.807) is 7.11 Å². The Labute approximate surface area is 97.2 Å². The molecule has 1 atom stereocenters. The number of nitrogens with zero attached hydrogens (tertiary/aromatic N) is 1. The van der Waals surface area contributed by atoms with E-state index in [4.69, 9.17) is 4.74 Å². The number of ether oxygens (including phenoxy) is 1. The van der Waals surface area contributed by atoms with Gasteiger partial charge in [-0.15, -0.1) is 0 Å². The van der Waals surface area contributed by atoms with E-state index in [-0.39, 0.29) is 0 Å². The molecule has 0 amide bonds. The average Bonchev–Trinajstić information content (AvgIpc) is 2.38. The second-order valence-electron chi connectivity index (χ2n) is 4.57. The molecule has 2 radical (unpaired) electrons. The maximum absolute atomic E-state index is 5.29. The first-order chi connectivity index (χ1) is 7.88. The SMILES string of the molecule is COc1ccc2c(c1)CCN1CC[C]CC21. The van der Waals surface area contributed by atoms with Crippen LogP contribution in [-0.2, 0) is 6.42 Å². The Hall–Kier alpha value is -1.02. The number of methoxy groups -OCH3 is 1. The molecule has 84 valence electrons. The van der Waals surface area contributed by atoms with Gasteiger partial charge in [-0.1, -0.05) is 6.07 Å². The molecule has 0 spiro atoms. The summed E-state index contributed by atoms with van der Waals surface area (Å²) in [5, 5.41) is 0. The Bertz CT molecular complexity index is 388. The van der Waals surface area contributed by atoms with Gasteiger partial charge < -0.3 is 4.74 Å². The second-order valence-corrected chi connectivity index (χ2v) is 4.57. The summed E-state index contributed by atoms with van der Waals surface area (Å²) in [6.07, 6.45) is 6.85. The van der Waals surface area contributed by atoms with Crippen molar-refractivity contribution in [2.75, 3.05) is 20.2 Å². The van der Waals surface area contributed by atoms with E-state index < -0.39 is 0 Å². The van der Waals surface area contributed by atoms with Crippen LogP contribution in [0, 0.1) is 6.42 Å².